The predicted molar refractivity (Wildman–Crippen MR) is 20.0 cm³/mol. The Labute approximate surface area is 78.3 Å². The van der Waals surface area contributed by atoms with Crippen LogP contribution >= 0.6 is 0 Å². The summed E-state index contributed by atoms with van der Waals surface area (Å²) in [6.07, 6.45) is 0. The monoisotopic (exact) mass is 326 g/mol. The first kappa shape index (κ1) is 17.7. The molecular formula is H4MoO8SZn. The Kier molecular flexibility index (Phi) is 10.0. The van der Waals surface area contributed by atoms with Gasteiger partial charge in [-0.2, -0.15) is 8.42 Å². The van der Waals surface area contributed by atoms with Crippen LogP contribution in [0.1, 0.15) is 0 Å². The average molecular weight is 325 g/mol. The molecule has 0 aromatic heterocycles. The van der Waals surface area contributed by atoms with E-state index in [9.17, 15) is 0 Å². The predicted octanol–water partition coefficient (Wildman–Crippen LogP) is -2.01. The van der Waals surface area contributed by atoms with Crippen LogP contribution in [0.3, 0.4) is 0 Å². The van der Waals surface area contributed by atoms with Gasteiger partial charge in [0.05, 0.1) is 0 Å². The van der Waals surface area contributed by atoms with E-state index in [4.69, 9.17) is 31.8 Å². The van der Waals surface area contributed by atoms with Crippen molar-refractivity contribution in [1.82, 2.24) is 0 Å². The van der Waals surface area contributed by atoms with Crippen molar-refractivity contribution in [1.29, 1.82) is 0 Å². The molecule has 0 atom stereocenters. The van der Waals surface area contributed by atoms with Crippen LogP contribution in [0.2, 0.25) is 0 Å². The summed E-state index contributed by atoms with van der Waals surface area (Å²) < 4.78 is 63.6. The molecule has 0 heterocycles. The maximum atomic E-state index is 8.85. The zero-order chi connectivity index (χ0) is 9.00. The zero-order valence-corrected chi connectivity index (χ0v) is 10.7. The molecule has 0 bridgehead atoms. The minimum atomic E-state index is -5.52. The van der Waals surface area contributed by atoms with Gasteiger partial charge in [0, 0.05) is 19.5 Å². The summed E-state index contributed by atoms with van der Waals surface area (Å²) in [6, 6.07) is 0. The molecule has 0 aliphatic carbocycles. The van der Waals surface area contributed by atoms with Crippen LogP contribution in [0.4, 0.5) is 0 Å². The van der Waals surface area contributed by atoms with Crippen molar-refractivity contribution in [3.8, 4) is 0 Å². The second-order valence-electron chi connectivity index (χ2n) is 0.896. The molecule has 0 rings (SSSR count). The minimum absolute atomic E-state index is 0. The molecule has 0 aliphatic heterocycles. The summed E-state index contributed by atoms with van der Waals surface area (Å²) in [5.74, 6) is 0. The largest absolute Gasteiger partial charge is 0 e. The van der Waals surface area contributed by atoms with Crippen LogP contribution in [-0.2, 0) is 53.4 Å². The Morgan fingerprint density at radius 2 is 1.00 bits per heavy atom. The van der Waals surface area contributed by atoms with Crippen LogP contribution in [0.5, 0.6) is 0 Å². The third kappa shape index (κ3) is 1650. The van der Waals surface area contributed by atoms with Crippen LogP contribution in [0, 0.1) is 0 Å². The molecule has 0 spiro atoms. The summed E-state index contributed by atoms with van der Waals surface area (Å²) in [5.41, 5.74) is 0. The van der Waals surface area contributed by atoms with Gasteiger partial charge in [-0.25, -0.2) is 0 Å². The number of hydrogen-bond donors (Lipinski definition) is 4. The van der Waals surface area contributed by atoms with E-state index in [1.54, 1.807) is 0 Å². The molecule has 0 saturated heterocycles. The zero-order valence-electron chi connectivity index (χ0n) is 4.95. The first-order valence-corrected chi connectivity index (χ1v) is 6.23. The van der Waals surface area contributed by atoms with Gasteiger partial charge in [-0.15, -0.1) is 0 Å². The molecule has 0 radical (unpaired) electrons. The summed E-state index contributed by atoms with van der Waals surface area (Å²) >= 11 is -5.52. The SMILES string of the molecule is O=S(=O)(O)O.[O]=[Mo](=[O])([OH])[OH].[Zn]. The van der Waals surface area contributed by atoms with Crippen molar-refractivity contribution in [2.24, 2.45) is 0 Å². The third-order valence-electron chi connectivity index (χ3n) is 0. The van der Waals surface area contributed by atoms with Crippen LogP contribution in [-0.4, -0.2) is 25.0 Å². The van der Waals surface area contributed by atoms with E-state index >= 15 is 0 Å². The molecule has 66 valence electrons. The summed E-state index contributed by atoms with van der Waals surface area (Å²) in [5, 5.41) is 0. The van der Waals surface area contributed by atoms with Crippen molar-refractivity contribution in [2.45, 2.75) is 0 Å². The molecule has 8 nitrogen and oxygen atoms in total. The molecule has 0 saturated carbocycles. The van der Waals surface area contributed by atoms with E-state index in [2.05, 4.69) is 0 Å². The van der Waals surface area contributed by atoms with Gasteiger partial charge < -0.3 is 0 Å². The third-order valence-corrected chi connectivity index (χ3v) is 0. The quantitative estimate of drug-likeness (QED) is 0.295. The Morgan fingerprint density at radius 1 is 1.00 bits per heavy atom. The first-order chi connectivity index (χ1) is 4.00. The van der Waals surface area contributed by atoms with Crippen molar-refractivity contribution in [2.75, 3.05) is 0 Å². The Bertz CT molecular complexity index is 210. The summed E-state index contributed by atoms with van der Waals surface area (Å²) in [4.78, 5) is 0. The van der Waals surface area contributed by atoms with E-state index < -0.39 is 27.1 Å². The van der Waals surface area contributed by atoms with Gasteiger partial charge in [0.2, 0.25) is 0 Å². The summed E-state index contributed by atoms with van der Waals surface area (Å²) in [7, 11) is -4.67. The minimum Gasteiger partial charge on any atom is 0 e. The van der Waals surface area contributed by atoms with E-state index in [0.717, 1.165) is 0 Å². The van der Waals surface area contributed by atoms with Crippen molar-refractivity contribution in [3.05, 3.63) is 0 Å². The maximum absolute atomic E-state index is 8.85. The Balaban J connectivity index is -0.000000107. The number of rotatable bonds is 0. The maximum Gasteiger partial charge on any atom is 0 e. The molecule has 0 aliphatic rings. The Hall–Kier alpha value is 0.702. The molecule has 0 aromatic carbocycles. The van der Waals surface area contributed by atoms with E-state index in [0.29, 0.717) is 0 Å². The second kappa shape index (κ2) is 6.24. The van der Waals surface area contributed by atoms with Gasteiger partial charge in [0.25, 0.3) is 0 Å². The van der Waals surface area contributed by atoms with Gasteiger partial charge >= 0.3 is 41.5 Å². The van der Waals surface area contributed by atoms with Gasteiger partial charge in [0.1, 0.15) is 0 Å². The van der Waals surface area contributed by atoms with E-state index in [-0.39, 0.29) is 19.5 Å². The molecule has 0 amide bonds. The second-order valence-corrected chi connectivity index (χ2v) is 3.99. The van der Waals surface area contributed by atoms with Gasteiger partial charge in [-0.1, -0.05) is 0 Å². The van der Waals surface area contributed by atoms with Crippen molar-refractivity contribution in [3.63, 3.8) is 0 Å². The standard InChI is InChI=1S/Mo.H2O4S.2H2O.2O.Zn/c;1-5(2,3)4;;;;;/h;(H2,1,2,3,4);2*1H2;;;/q+2;;;;;;/p-2. The van der Waals surface area contributed by atoms with Crippen molar-refractivity contribution < 1.29 is 68.1 Å². The average Bonchev–Trinajstić information content (AvgIpc) is 1.12. The van der Waals surface area contributed by atoms with E-state index in [1.807, 2.05) is 0 Å². The molecule has 0 fully saturated rings. The fourth-order valence-corrected chi connectivity index (χ4v) is 0. The van der Waals surface area contributed by atoms with Crippen LogP contribution in [0.15, 0.2) is 0 Å². The van der Waals surface area contributed by atoms with Gasteiger partial charge in [-0.3, -0.25) is 9.11 Å². The van der Waals surface area contributed by atoms with Gasteiger partial charge in [0.15, 0.2) is 0 Å². The molecular weight excluding hydrogens is 321 g/mol. The summed E-state index contributed by atoms with van der Waals surface area (Å²) in [6.45, 7) is 0. The fourth-order valence-electron chi connectivity index (χ4n) is 0. The van der Waals surface area contributed by atoms with Crippen LogP contribution < -0.4 is 0 Å². The molecule has 0 aromatic rings. The normalized spacial score (nSPS) is 10.5. The molecule has 11 heteroatoms. The first-order valence-electron chi connectivity index (χ1n) is 1.40. The van der Waals surface area contributed by atoms with E-state index in [1.165, 1.54) is 0 Å². The molecule has 4 N–H and O–H groups in total. The van der Waals surface area contributed by atoms with Crippen molar-refractivity contribution >= 4 is 10.4 Å². The molecule has 0 unspecified atom stereocenters. The Morgan fingerprint density at radius 3 is 1.00 bits per heavy atom. The smallest absolute Gasteiger partial charge is 0 e. The van der Waals surface area contributed by atoms with Crippen LogP contribution in [0.25, 0.3) is 0 Å². The number of hydrogen-bond acceptors (Lipinski definition) is 4. The fraction of sp³-hybridized carbons (Fsp3) is 0. The molecule has 11 heavy (non-hydrogen) atoms. The van der Waals surface area contributed by atoms with Gasteiger partial charge in [-0.05, 0) is 0 Å². The topological polar surface area (TPSA) is 149 Å².